The maximum Gasteiger partial charge on any atom is 0.277 e. The van der Waals surface area contributed by atoms with Crippen molar-refractivity contribution < 1.29 is 18.0 Å². The molecule has 17 heavy (non-hydrogen) atoms. The summed E-state index contributed by atoms with van der Waals surface area (Å²) in [5.74, 6) is -5.17. The van der Waals surface area contributed by atoms with Gasteiger partial charge in [-0.1, -0.05) is 0 Å². The van der Waals surface area contributed by atoms with E-state index in [1.54, 1.807) is 0 Å². The van der Waals surface area contributed by atoms with Gasteiger partial charge in [0.25, 0.3) is 5.91 Å². The highest BCUT2D eigenvalue weighted by Crippen LogP contribution is 2.20. The van der Waals surface area contributed by atoms with Crippen LogP contribution in [0.4, 0.5) is 18.9 Å². The van der Waals surface area contributed by atoms with Crippen LogP contribution < -0.4 is 5.32 Å². The summed E-state index contributed by atoms with van der Waals surface area (Å²) in [7, 11) is 0. The minimum atomic E-state index is -1.64. The first-order chi connectivity index (χ1) is 8.09. The van der Waals surface area contributed by atoms with Gasteiger partial charge in [0.05, 0.1) is 23.6 Å². The topological polar surface area (TPSA) is 54.9 Å². The number of aromatic nitrogens is 2. The lowest BCUT2D eigenvalue weighted by molar-refractivity contribution is 0.102. The molecule has 0 radical (unpaired) electrons. The van der Waals surface area contributed by atoms with Crippen LogP contribution in [0.2, 0.25) is 0 Å². The summed E-state index contributed by atoms with van der Waals surface area (Å²) in [4.78, 5) is 11.4. The Bertz CT molecular complexity index is 559. The van der Waals surface area contributed by atoms with Crippen molar-refractivity contribution in [2.45, 2.75) is 0 Å². The SMILES string of the molecule is O=C(Nc1ccc(F)c(F)c1F)c1cnsn1. The quantitative estimate of drug-likeness (QED) is 0.841. The normalized spacial score (nSPS) is 10.3. The summed E-state index contributed by atoms with van der Waals surface area (Å²) < 4.78 is 45.9. The summed E-state index contributed by atoms with van der Waals surface area (Å²) >= 11 is 0.800. The second-order valence-corrected chi connectivity index (χ2v) is 3.53. The van der Waals surface area contributed by atoms with Gasteiger partial charge in [0.1, 0.15) is 0 Å². The molecule has 0 aliphatic carbocycles. The molecule has 1 heterocycles. The lowest BCUT2D eigenvalue weighted by Crippen LogP contribution is -2.14. The van der Waals surface area contributed by atoms with E-state index >= 15 is 0 Å². The third-order valence-electron chi connectivity index (χ3n) is 1.88. The Balaban J connectivity index is 2.25. The summed E-state index contributed by atoms with van der Waals surface area (Å²) in [6.45, 7) is 0. The molecule has 88 valence electrons. The van der Waals surface area contributed by atoms with Gasteiger partial charge in [-0.3, -0.25) is 4.79 Å². The van der Waals surface area contributed by atoms with Crippen molar-refractivity contribution in [3.63, 3.8) is 0 Å². The molecule has 0 spiro atoms. The molecular formula is C9H4F3N3OS. The molecule has 4 nitrogen and oxygen atoms in total. The second kappa shape index (κ2) is 4.50. The van der Waals surface area contributed by atoms with E-state index < -0.39 is 29.0 Å². The van der Waals surface area contributed by atoms with Gasteiger partial charge in [-0.2, -0.15) is 8.75 Å². The van der Waals surface area contributed by atoms with Crippen molar-refractivity contribution in [3.8, 4) is 0 Å². The van der Waals surface area contributed by atoms with Gasteiger partial charge in [0.15, 0.2) is 23.1 Å². The van der Waals surface area contributed by atoms with E-state index in [1.807, 2.05) is 0 Å². The third-order valence-corrected chi connectivity index (χ3v) is 2.36. The molecule has 2 aromatic rings. The Morgan fingerprint density at radius 1 is 1.24 bits per heavy atom. The standard InChI is InChI=1S/C9H4F3N3OS/c10-4-1-2-5(8(12)7(4)11)14-9(16)6-3-13-17-15-6/h1-3H,(H,14,16). The Morgan fingerprint density at radius 2 is 2.00 bits per heavy atom. The van der Waals surface area contributed by atoms with Crippen LogP contribution in [0.3, 0.4) is 0 Å². The first kappa shape index (κ1) is 11.5. The van der Waals surface area contributed by atoms with E-state index in [0.717, 1.165) is 17.8 Å². The van der Waals surface area contributed by atoms with E-state index in [9.17, 15) is 18.0 Å². The van der Waals surface area contributed by atoms with E-state index in [2.05, 4.69) is 14.1 Å². The zero-order chi connectivity index (χ0) is 12.4. The fraction of sp³-hybridized carbons (Fsp3) is 0. The fourth-order valence-corrected chi connectivity index (χ4v) is 1.49. The number of nitrogens with zero attached hydrogens (tertiary/aromatic N) is 2. The number of benzene rings is 1. The monoisotopic (exact) mass is 259 g/mol. The Kier molecular flexibility index (Phi) is 3.05. The van der Waals surface area contributed by atoms with Gasteiger partial charge in [-0.05, 0) is 12.1 Å². The molecule has 0 aliphatic rings. The molecule has 1 N–H and O–H groups in total. The Labute approximate surface area is 97.4 Å². The zero-order valence-electron chi connectivity index (χ0n) is 8.08. The molecule has 0 fully saturated rings. The highest BCUT2D eigenvalue weighted by atomic mass is 32.1. The van der Waals surface area contributed by atoms with Crippen LogP contribution in [-0.4, -0.2) is 14.7 Å². The zero-order valence-corrected chi connectivity index (χ0v) is 8.89. The van der Waals surface area contributed by atoms with Crippen LogP contribution in [0.15, 0.2) is 18.3 Å². The fourth-order valence-electron chi connectivity index (χ4n) is 1.07. The van der Waals surface area contributed by atoms with Crippen molar-refractivity contribution in [2.24, 2.45) is 0 Å². The van der Waals surface area contributed by atoms with Crippen molar-refractivity contribution in [2.75, 3.05) is 5.32 Å². The molecule has 0 aliphatic heterocycles. The second-order valence-electron chi connectivity index (χ2n) is 2.97. The average molecular weight is 259 g/mol. The van der Waals surface area contributed by atoms with Gasteiger partial charge >= 0.3 is 0 Å². The number of anilines is 1. The van der Waals surface area contributed by atoms with Crippen LogP contribution in [0.25, 0.3) is 0 Å². The first-order valence-corrected chi connectivity index (χ1v) is 5.05. The molecule has 2 rings (SSSR count). The molecule has 0 atom stereocenters. The summed E-state index contributed by atoms with van der Waals surface area (Å²) in [5, 5.41) is 2.06. The summed E-state index contributed by atoms with van der Waals surface area (Å²) in [6.07, 6.45) is 1.18. The smallest absolute Gasteiger partial charge is 0.277 e. The number of hydrogen-bond donors (Lipinski definition) is 1. The molecule has 1 amide bonds. The predicted molar refractivity (Wildman–Crippen MR) is 54.2 cm³/mol. The van der Waals surface area contributed by atoms with Gasteiger partial charge < -0.3 is 5.32 Å². The van der Waals surface area contributed by atoms with Crippen LogP contribution >= 0.6 is 11.7 Å². The molecule has 0 saturated heterocycles. The lowest BCUT2D eigenvalue weighted by Gasteiger charge is -2.05. The van der Waals surface area contributed by atoms with Crippen LogP contribution in [0.5, 0.6) is 0 Å². The lowest BCUT2D eigenvalue weighted by atomic mass is 10.2. The average Bonchev–Trinajstić information content (AvgIpc) is 2.83. The number of hydrogen-bond acceptors (Lipinski definition) is 4. The number of amides is 1. The Morgan fingerprint density at radius 3 is 2.65 bits per heavy atom. The van der Waals surface area contributed by atoms with Crippen LogP contribution in [0.1, 0.15) is 10.5 Å². The van der Waals surface area contributed by atoms with Gasteiger partial charge in [-0.25, -0.2) is 13.2 Å². The van der Waals surface area contributed by atoms with Gasteiger partial charge in [0.2, 0.25) is 0 Å². The predicted octanol–water partition coefficient (Wildman–Crippen LogP) is 2.21. The number of carbonyl (C=O) groups is 1. The molecule has 8 heteroatoms. The van der Waals surface area contributed by atoms with E-state index in [0.29, 0.717) is 6.07 Å². The van der Waals surface area contributed by atoms with Crippen molar-refractivity contribution in [1.82, 2.24) is 8.75 Å². The molecule has 0 bridgehead atoms. The summed E-state index contributed by atoms with van der Waals surface area (Å²) in [5.41, 5.74) is -0.485. The first-order valence-electron chi connectivity index (χ1n) is 4.32. The number of nitrogens with one attached hydrogen (secondary N) is 1. The highest BCUT2D eigenvalue weighted by Gasteiger charge is 2.16. The van der Waals surface area contributed by atoms with Crippen molar-refractivity contribution in [1.29, 1.82) is 0 Å². The molecule has 1 aromatic heterocycles. The van der Waals surface area contributed by atoms with Crippen LogP contribution in [0, 0.1) is 17.5 Å². The van der Waals surface area contributed by atoms with Crippen molar-refractivity contribution in [3.05, 3.63) is 41.5 Å². The number of carbonyl (C=O) groups excluding carboxylic acids is 1. The molecule has 0 unspecified atom stereocenters. The largest absolute Gasteiger partial charge is 0.318 e. The number of rotatable bonds is 2. The molecule has 0 saturated carbocycles. The van der Waals surface area contributed by atoms with E-state index in [1.165, 1.54) is 6.20 Å². The maximum absolute atomic E-state index is 13.2. The maximum atomic E-state index is 13.2. The van der Waals surface area contributed by atoms with Crippen molar-refractivity contribution >= 4 is 23.3 Å². The van der Waals surface area contributed by atoms with E-state index in [4.69, 9.17) is 0 Å². The molecule has 1 aromatic carbocycles. The number of halogens is 3. The highest BCUT2D eigenvalue weighted by molar-refractivity contribution is 6.99. The minimum absolute atomic E-state index is 0.0286. The van der Waals surface area contributed by atoms with E-state index in [-0.39, 0.29) is 5.69 Å². The molecular weight excluding hydrogens is 255 g/mol. The van der Waals surface area contributed by atoms with Crippen LogP contribution in [-0.2, 0) is 0 Å². The van der Waals surface area contributed by atoms with Gasteiger partial charge in [-0.15, -0.1) is 0 Å². The minimum Gasteiger partial charge on any atom is -0.318 e. The third kappa shape index (κ3) is 2.26. The Hall–Kier alpha value is -1.96. The van der Waals surface area contributed by atoms with Gasteiger partial charge in [0, 0.05) is 0 Å². The summed E-state index contributed by atoms with van der Waals surface area (Å²) in [6, 6.07) is 1.64.